The van der Waals surface area contributed by atoms with Crippen molar-refractivity contribution < 1.29 is 0 Å². The highest BCUT2D eigenvalue weighted by Gasteiger charge is 2.10. The molecule has 0 atom stereocenters. The molecule has 0 saturated carbocycles. The van der Waals surface area contributed by atoms with Gasteiger partial charge in [-0.2, -0.15) is 0 Å². The second-order valence-electron chi connectivity index (χ2n) is 6.18. The van der Waals surface area contributed by atoms with E-state index in [0.29, 0.717) is 6.54 Å². The van der Waals surface area contributed by atoms with Gasteiger partial charge in [-0.1, -0.05) is 37.3 Å². The van der Waals surface area contributed by atoms with Gasteiger partial charge in [0.2, 0.25) is 0 Å². The van der Waals surface area contributed by atoms with Gasteiger partial charge in [0.1, 0.15) is 10.5 Å². The van der Waals surface area contributed by atoms with E-state index >= 15 is 0 Å². The van der Waals surface area contributed by atoms with E-state index in [4.69, 9.17) is 0 Å². The summed E-state index contributed by atoms with van der Waals surface area (Å²) in [6.45, 7) is 3.61. The zero-order chi connectivity index (χ0) is 17.9. The van der Waals surface area contributed by atoms with Crippen LogP contribution < -0.4 is 5.56 Å². The number of imidazole rings is 1. The summed E-state index contributed by atoms with van der Waals surface area (Å²) in [4.78, 5) is 22.7. The summed E-state index contributed by atoms with van der Waals surface area (Å²) in [5.41, 5.74) is 1.94. The topological polar surface area (TPSA) is 52.7 Å². The van der Waals surface area contributed by atoms with Gasteiger partial charge in [0.15, 0.2) is 0 Å². The van der Waals surface area contributed by atoms with Crippen LogP contribution in [0.2, 0.25) is 0 Å². The van der Waals surface area contributed by atoms with Crippen molar-refractivity contribution in [2.75, 3.05) is 0 Å². The molecule has 0 radical (unpaired) electrons. The van der Waals surface area contributed by atoms with Crippen LogP contribution in [0.5, 0.6) is 0 Å². The smallest absolute Gasteiger partial charge is 0.271 e. The molecule has 0 aliphatic carbocycles. The molecule has 3 heterocycles. The highest BCUT2D eigenvalue weighted by Crippen LogP contribution is 2.30. The second-order valence-corrected chi connectivity index (χ2v) is 7.23. The normalized spacial score (nSPS) is 11.3. The summed E-state index contributed by atoms with van der Waals surface area (Å²) in [6, 6.07) is 12.1. The van der Waals surface area contributed by atoms with Gasteiger partial charge in [0, 0.05) is 36.8 Å². The predicted molar refractivity (Wildman–Crippen MR) is 106 cm³/mol. The summed E-state index contributed by atoms with van der Waals surface area (Å²) >= 11 is 1.52. The molecule has 132 valence electrons. The number of hydrogen-bond acceptors (Lipinski definition) is 4. The third-order valence-electron chi connectivity index (χ3n) is 4.48. The van der Waals surface area contributed by atoms with Crippen LogP contribution in [0.3, 0.4) is 0 Å². The van der Waals surface area contributed by atoms with Crippen molar-refractivity contribution in [2.24, 2.45) is 0 Å². The van der Waals surface area contributed by atoms with E-state index in [1.807, 2.05) is 36.7 Å². The summed E-state index contributed by atoms with van der Waals surface area (Å²) in [7, 11) is 0. The number of hydrogen-bond donors (Lipinski definition) is 0. The average molecular weight is 364 g/mol. The standard InChI is InChI=1S/C20H20N4OS/c1-2-18-21-9-12-23(18)10-6-11-24-14-22-16-13-17(26-19(16)20(24)25)15-7-4-3-5-8-15/h3-5,7-9,12-14H,2,6,10-11H2,1H3. The Bertz CT molecular complexity index is 1080. The fraction of sp³-hybridized carbons (Fsp3) is 0.250. The van der Waals surface area contributed by atoms with E-state index in [9.17, 15) is 4.79 Å². The molecular formula is C20H20N4OS. The molecule has 5 nitrogen and oxygen atoms in total. The molecule has 0 unspecified atom stereocenters. The van der Waals surface area contributed by atoms with Crippen molar-refractivity contribution in [3.63, 3.8) is 0 Å². The third kappa shape index (κ3) is 3.20. The molecule has 0 aliphatic rings. The second kappa shape index (κ2) is 7.25. The van der Waals surface area contributed by atoms with Crippen LogP contribution in [-0.2, 0) is 19.5 Å². The SMILES string of the molecule is CCc1nccn1CCCn1cnc2cc(-c3ccccc3)sc2c1=O. The third-order valence-corrected chi connectivity index (χ3v) is 5.64. The maximum atomic E-state index is 12.8. The lowest BCUT2D eigenvalue weighted by Crippen LogP contribution is -2.20. The minimum Gasteiger partial charge on any atom is -0.335 e. The van der Waals surface area contributed by atoms with Gasteiger partial charge < -0.3 is 4.57 Å². The van der Waals surface area contributed by atoms with E-state index < -0.39 is 0 Å². The Kier molecular flexibility index (Phi) is 4.67. The van der Waals surface area contributed by atoms with Gasteiger partial charge in [0.05, 0.1) is 11.8 Å². The fourth-order valence-corrected chi connectivity index (χ4v) is 4.18. The monoisotopic (exact) mass is 364 g/mol. The molecule has 0 bridgehead atoms. The Balaban J connectivity index is 1.55. The minimum absolute atomic E-state index is 0.0449. The highest BCUT2D eigenvalue weighted by atomic mass is 32.1. The van der Waals surface area contributed by atoms with Crippen LogP contribution in [0.4, 0.5) is 0 Å². The molecule has 0 amide bonds. The first-order valence-corrected chi connectivity index (χ1v) is 9.62. The van der Waals surface area contributed by atoms with E-state index in [-0.39, 0.29) is 5.56 Å². The Morgan fingerprint density at radius 2 is 1.88 bits per heavy atom. The molecule has 1 aromatic carbocycles. The lowest BCUT2D eigenvalue weighted by molar-refractivity contribution is 0.539. The first kappa shape index (κ1) is 16.7. The lowest BCUT2D eigenvalue weighted by Gasteiger charge is -2.08. The molecule has 0 spiro atoms. The van der Waals surface area contributed by atoms with Crippen molar-refractivity contribution in [1.82, 2.24) is 19.1 Å². The van der Waals surface area contributed by atoms with E-state index in [1.54, 1.807) is 10.9 Å². The number of benzene rings is 1. The number of aromatic nitrogens is 4. The van der Waals surface area contributed by atoms with Crippen LogP contribution >= 0.6 is 11.3 Å². The van der Waals surface area contributed by atoms with Crippen LogP contribution in [0, 0.1) is 0 Å². The molecular weight excluding hydrogens is 344 g/mol. The van der Waals surface area contributed by atoms with Crippen molar-refractivity contribution in [1.29, 1.82) is 0 Å². The predicted octanol–water partition coefficient (Wildman–Crippen LogP) is 3.97. The van der Waals surface area contributed by atoms with Gasteiger partial charge in [-0.05, 0) is 18.1 Å². The summed E-state index contributed by atoms with van der Waals surface area (Å²) in [6.07, 6.45) is 7.27. The van der Waals surface area contributed by atoms with Crippen molar-refractivity contribution in [3.05, 3.63) is 71.3 Å². The Morgan fingerprint density at radius 1 is 1.08 bits per heavy atom. The Hall–Kier alpha value is -2.73. The quantitative estimate of drug-likeness (QED) is 0.520. The van der Waals surface area contributed by atoms with Gasteiger partial charge >= 0.3 is 0 Å². The van der Waals surface area contributed by atoms with Gasteiger partial charge in [-0.25, -0.2) is 9.97 Å². The molecule has 3 aromatic heterocycles. The summed E-state index contributed by atoms with van der Waals surface area (Å²) in [5.74, 6) is 1.08. The average Bonchev–Trinajstić information content (AvgIpc) is 3.31. The van der Waals surface area contributed by atoms with Crippen molar-refractivity contribution in [2.45, 2.75) is 32.9 Å². The maximum absolute atomic E-state index is 12.8. The lowest BCUT2D eigenvalue weighted by atomic mass is 10.2. The molecule has 4 rings (SSSR count). The van der Waals surface area contributed by atoms with Crippen molar-refractivity contribution >= 4 is 21.6 Å². The number of rotatable bonds is 6. The number of fused-ring (bicyclic) bond motifs is 1. The molecule has 0 saturated heterocycles. The molecule has 26 heavy (non-hydrogen) atoms. The summed E-state index contributed by atoms with van der Waals surface area (Å²) < 4.78 is 4.59. The van der Waals surface area contributed by atoms with E-state index in [1.165, 1.54) is 11.3 Å². The van der Waals surface area contributed by atoms with Crippen molar-refractivity contribution in [3.8, 4) is 10.4 Å². The van der Waals surface area contributed by atoms with Gasteiger partial charge in [-0.15, -0.1) is 11.3 Å². The molecule has 4 aromatic rings. The van der Waals surface area contributed by atoms with Crippen LogP contribution in [0.15, 0.2) is 59.9 Å². The van der Waals surface area contributed by atoms with Crippen LogP contribution in [-0.4, -0.2) is 19.1 Å². The number of thiophene rings is 1. The number of aryl methyl sites for hydroxylation is 3. The summed E-state index contributed by atoms with van der Waals surface area (Å²) in [5, 5.41) is 0. The highest BCUT2D eigenvalue weighted by molar-refractivity contribution is 7.22. The van der Waals surface area contributed by atoms with Crippen LogP contribution in [0.1, 0.15) is 19.2 Å². The molecule has 0 fully saturated rings. The van der Waals surface area contributed by atoms with E-state index in [2.05, 4.69) is 33.6 Å². The minimum atomic E-state index is 0.0449. The Morgan fingerprint density at radius 3 is 2.69 bits per heavy atom. The van der Waals surface area contributed by atoms with Crippen LogP contribution in [0.25, 0.3) is 20.7 Å². The first-order chi connectivity index (χ1) is 12.8. The molecule has 6 heteroatoms. The first-order valence-electron chi connectivity index (χ1n) is 8.80. The maximum Gasteiger partial charge on any atom is 0.271 e. The van der Waals surface area contributed by atoms with E-state index in [0.717, 1.165) is 45.9 Å². The molecule has 0 aliphatic heterocycles. The van der Waals surface area contributed by atoms with Gasteiger partial charge in [0.25, 0.3) is 5.56 Å². The molecule has 0 N–H and O–H groups in total. The Labute approximate surface area is 155 Å². The number of nitrogens with zero attached hydrogens (tertiary/aromatic N) is 4. The fourth-order valence-electron chi connectivity index (χ4n) is 3.12. The largest absolute Gasteiger partial charge is 0.335 e. The zero-order valence-corrected chi connectivity index (χ0v) is 15.4. The zero-order valence-electron chi connectivity index (χ0n) is 14.6. The van der Waals surface area contributed by atoms with Gasteiger partial charge in [-0.3, -0.25) is 9.36 Å².